The molecule has 1 aromatic heterocycles. The summed E-state index contributed by atoms with van der Waals surface area (Å²) in [7, 11) is 3.39. The third-order valence-electron chi connectivity index (χ3n) is 4.60. The van der Waals surface area contributed by atoms with Crippen LogP contribution in [-0.2, 0) is 18.4 Å². The third-order valence-corrected chi connectivity index (χ3v) is 5.86. The Kier molecular flexibility index (Phi) is 7.23. The SMILES string of the molecule is COc1ccc(Cl)cc1NC(=O)CSc1nnc(COc2cccc(C)c2C)n1C. The first-order chi connectivity index (χ1) is 14.4. The van der Waals surface area contributed by atoms with Crippen molar-refractivity contribution in [2.45, 2.75) is 25.6 Å². The lowest BCUT2D eigenvalue weighted by Gasteiger charge is -2.11. The van der Waals surface area contributed by atoms with E-state index in [1.54, 1.807) is 18.2 Å². The third kappa shape index (κ3) is 5.25. The number of carbonyl (C=O) groups is 1. The van der Waals surface area contributed by atoms with Crippen LogP contribution in [0.3, 0.4) is 0 Å². The van der Waals surface area contributed by atoms with E-state index in [1.165, 1.54) is 24.4 Å². The molecule has 1 heterocycles. The number of hydrogen-bond acceptors (Lipinski definition) is 6. The zero-order valence-electron chi connectivity index (χ0n) is 17.2. The molecule has 1 N–H and O–H groups in total. The van der Waals surface area contributed by atoms with Crippen molar-refractivity contribution < 1.29 is 14.3 Å². The molecular formula is C21H23ClN4O3S. The highest BCUT2D eigenvalue weighted by Crippen LogP contribution is 2.28. The van der Waals surface area contributed by atoms with E-state index in [0.29, 0.717) is 34.0 Å². The summed E-state index contributed by atoms with van der Waals surface area (Å²) in [5.41, 5.74) is 2.79. The number of carbonyl (C=O) groups excluding carboxylic acids is 1. The van der Waals surface area contributed by atoms with Crippen molar-refractivity contribution in [2.75, 3.05) is 18.2 Å². The maximum Gasteiger partial charge on any atom is 0.234 e. The zero-order chi connectivity index (χ0) is 21.7. The monoisotopic (exact) mass is 446 g/mol. The van der Waals surface area contributed by atoms with Crippen molar-refractivity contribution in [3.05, 3.63) is 58.4 Å². The zero-order valence-corrected chi connectivity index (χ0v) is 18.8. The fraction of sp³-hybridized carbons (Fsp3) is 0.286. The van der Waals surface area contributed by atoms with E-state index in [0.717, 1.165) is 11.3 Å². The topological polar surface area (TPSA) is 78.3 Å². The van der Waals surface area contributed by atoms with Gasteiger partial charge in [-0.2, -0.15) is 0 Å². The molecule has 0 unspecified atom stereocenters. The summed E-state index contributed by atoms with van der Waals surface area (Å²) in [5.74, 6) is 2.01. The van der Waals surface area contributed by atoms with Crippen LogP contribution in [-0.4, -0.2) is 33.5 Å². The second-order valence-electron chi connectivity index (χ2n) is 6.63. The minimum absolute atomic E-state index is 0.166. The molecule has 0 bridgehead atoms. The summed E-state index contributed by atoms with van der Waals surface area (Å²) in [5, 5.41) is 12.3. The molecule has 0 spiro atoms. The lowest BCUT2D eigenvalue weighted by molar-refractivity contribution is -0.113. The van der Waals surface area contributed by atoms with Crippen LogP contribution in [0.1, 0.15) is 17.0 Å². The Balaban J connectivity index is 1.58. The van der Waals surface area contributed by atoms with Crippen LogP contribution >= 0.6 is 23.4 Å². The Morgan fingerprint density at radius 2 is 2.00 bits per heavy atom. The molecule has 0 aliphatic rings. The predicted octanol–water partition coefficient (Wildman–Crippen LogP) is 4.40. The summed E-state index contributed by atoms with van der Waals surface area (Å²) in [6.07, 6.45) is 0. The molecule has 1 amide bonds. The van der Waals surface area contributed by atoms with Gasteiger partial charge in [-0.05, 0) is 49.2 Å². The molecule has 3 aromatic rings. The lowest BCUT2D eigenvalue weighted by Crippen LogP contribution is -2.15. The van der Waals surface area contributed by atoms with E-state index in [-0.39, 0.29) is 11.7 Å². The van der Waals surface area contributed by atoms with Crippen molar-refractivity contribution in [2.24, 2.45) is 7.05 Å². The van der Waals surface area contributed by atoms with Gasteiger partial charge in [0.15, 0.2) is 11.0 Å². The van der Waals surface area contributed by atoms with Gasteiger partial charge in [0.25, 0.3) is 0 Å². The minimum atomic E-state index is -0.197. The highest BCUT2D eigenvalue weighted by atomic mass is 35.5. The number of anilines is 1. The van der Waals surface area contributed by atoms with E-state index in [4.69, 9.17) is 21.1 Å². The van der Waals surface area contributed by atoms with Gasteiger partial charge >= 0.3 is 0 Å². The number of aromatic nitrogens is 3. The summed E-state index contributed by atoms with van der Waals surface area (Å²) in [6.45, 7) is 4.36. The molecule has 158 valence electrons. The van der Waals surface area contributed by atoms with Gasteiger partial charge in [0, 0.05) is 12.1 Å². The molecule has 0 fully saturated rings. The molecule has 0 saturated heterocycles. The molecule has 0 saturated carbocycles. The average molecular weight is 447 g/mol. The number of thioether (sulfide) groups is 1. The maximum atomic E-state index is 12.4. The van der Waals surface area contributed by atoms with Gasteiger partial charge in [-0.1, -0.05) is 35.5 Å². The van der Waals surface area contributed by atoms with E-state index >= 15 is 0 Å². The molecule has 3 rings (SSSR count). The van der Waals surface area contributed by atoms with Crippen LogP contribution in [0.15, 0.2) is 41.6 Å². The Morgan fingerprint density at radius 1 is 1.20 bits per heavy atom. The van der Waals surface area contributed by atoms with Crippen molar-refractivity contribution in [3.8, 4) is 11.5 Å². The highest BCUT2D eigenvalue weighted by Gasteiger charge is 2.14. The van der Waals surface area contributed by atoms with E-state index in [2.05, 4.69) is 15.5 Å². The van der Waals surface area contributed by atoms with Crippen LogP contribution in [0.2, 0.25) is 5.02 Å². The smallest absolute Gasteiger partial charge is 0.234 e. The highest BCUT2D eigenvalue weighted by molar-refractivity contribution is 7.99. The van der Waals surface area contributed by atoms with Crippen LogP contribution in [0.4, 0.5) is 5.69 Å². The number of rotatable bonds is 8. The van der Waals surface area contributed by atoms with Crippen LogP contribution in [0, 0.1) is 13.8 Å². The van der Waals surface area contributed by atoms with Crippen LogP contribution in [0.5, 0.6) is 11.5 Å². The quantitative estimate of drug-likeness (QED) is 0.516. The Hall–Kier alpha value is -2.71. The predicted molar refractivity (Wildman–Crippen MR) is 119 cm³/mol. The molecular weight excluding hydrogens is 424 g/mol. The Morgan fingerprint density at radius 3 is 2.77 bits per heavy atom. The van der Waals surface area contributed by atoms with Crippen LogP contribution < -0.4 is 14.8 Å². The molecule has 2 aromatic carbocycles. The number of amides is 1. The van der Waals surface area contributed by atoms with Gasteiger partial charge in [-0.3, -0.25) is 4.79 Å². The fourth-order valence-electron chi connectivity index (χ4n) is 2.71. The first-order valence-corrected chi connectivity index (χ1v) is 10.6. The Labute approximate surface area is 184 Å². The van der Waals surface area contributed by atoms with Crippen molar-refractivity contribution in [1.29, 1.82) is 0 Å². The normalized spacial score (nSPS) is 10.7. The molecule has 0 atom stereocenters. The largest absolute Gasteiger partial charge is 0.495 e. The second-order valence-corrected chi connectivity index (χ2v) is 8.00. The fourth-order valence-corrected chi connectivity index (χ4v) is 3.62. The number of aryl methyl sites for hydroxylation is 1. The lowest BCUT2D eigenvalue weighted by atomic mass is 10.1. The number of ether oxygens (including phenoxy) is 2. The van der Waals surface area contributed by atoms with E-state index < -0.39 is 0 Å². The van der Waals surface area contributed by atoms with Gasteiger partial charge in [-0.15, -0.1) is 10.2 Å². The average Bonchev–Trinajstić information content (AvgIpc) is 3.07. The number of nitrogens with zero attached hydrogens (tertiary/aromatic N) is 3. The minimum Gasteiger partial charge on any atom is -0.495 e. The van der Waals surface area contributed by atoms with Gasteiger partial charge in [-0.25, -0.2) is 0 Å². The van der Waals surface area contributed by atoms with Crippen LogP contribution in [0.25, 0.3) is 0 Å². The number of benzene rings is 2. The summed E-state index contributed by atoms with van der Waals surface area (Å²) >= 11 is 7.29. The van der Waals surface area contributed by atoms with Gasteiger partial charge in [0.2, 0.25) is 5.91 Å². The maximum absolute atomic E-state index is 12.4. The number of halogens is 1. The van der Waals surface area contributed by atoms with Gasteiger partial charge in [0.1, 0.15) is 18.1 Å². The molecule has 9 heteroatoms. The first kappa shape index (κ1) is 22.0. The Bertz CT molecular complexity index is 1050. The molecule has 30 heavy (non-hydrogen) atoms. The van der Waals surface area contributed by atoms with E-state index in [9.17, 15) is 4.79 Å². The molecule has 0 aliphatic carbocycles. The van der Waals surface area contributed by atoms with Crippen molar-refractivity contribution in [1.82, 2.24) is 14.8 Å². The summed E-state index contributed by atoms with van der Waals surface area (Å²) in [4.78, 5) is 12.4. The van der Waals surface area contributed by atoms with Gasteiger partial charge in [0.05, 0.1) is 18.6 Å². The molecule has 0 aliphatic heterocycles. The van der Waals surface area contributed by atoms with Crippen molar-refractivity contribution >= 4 is 35.0 Å². The molecule has 0 radical (unpaired) electrons. The standard InChI is InChI=1S/C21H23ClN4O3S/c1-13-6-5-7-17(14(13)2)29-11-19-24-25-21(26(19)3)30-12-20(27)23-16-10-15(22)8-9-18(16)28-4/h5-10H,11-12H2,1-4H3,(H,23,27). The van der Waals surface area contributed by atoms with Crippen molar-refractivity contribution in [3.63, 3.8) is 0 Å². The molecule has 7 nitrogen and oxygen atoms in total. The summed E-state index contributed by atoms with van der Waals surface area (Å²) in [6, 6.07) is 11.0. The van der Waals surface area contributed by atoms with E-state index in [1.807, 2.05) is 43.7 Å². The number of nitrogens with one attached hydrogen (secondary N) is 1. The first-order valence-electron chi connectivity index (χ1n) is 9.22. The number of methoxy groups -OCH3 is 1. The van der Waals surface area contributed by atoms with Gasteiger partial charge < -0.3 is 19.4 Å². The summed E-state index contributed by atoms with van der Waals surface area (Å²) < 4.78 is 13.0. The second kappa shape index (κ2) is 9.86. The number of hydrogen-bond donors (Lipinski definition) is 1.